The van der Waals surface area contributed by atoms with Gasteiger partial charge in [-0.1, -0.05) is 48.5 Å². The zero-order valence-electron chi connectivity index (χ0n) is 20.8. The number of hydrogen-bond acceptors (Lipinski definition) is 5. The summed E-state index contributed by atoms with van der Waals surface area (Å²) in [6, 6.07) is 24.3. The summed E-state index contributed by atoms with van der Waals surface area (Å²) in [4.78, 5) is 36.9. The van der Waals surface area contributed by atoms with Gasteiger partial charge in [0, 0.05) is 51.0 Å². The van der Waals surface area contributed by atoms with Crippen LogP contribution in [-0.4, -0.2) is 65.7 Å². The minimum absolute atomic E-state index is 0.0139. The van der Waals surface area contributed by atoms with Crippen LogP contribution in [0, 0.1) is 5.92 Å². The molecule has 2 saturated heterocycles. The van der Waals surface area contributed by atoms with E-state index in [0.29, 0.717) is 36.7 Å². The van der Waals surface area contributed by atoms with E-state index in [4.69, 9.17) is 0 Å². The van der Waals surface area contributed by atoms with Gasteiger partial charge in [0.1, 0.15) is 5.69 Å². The topological polar surface area (TPSA) is 56.8 Å². The lowest BCUT2D eigenvalue weighted by atomic mass is 9.90. The molecule has 0 atom stereocenters. The van der Waals surface area contributed by atoms with Crippen LogP contribution in [0.3, 0.4) is 0 Å². The number of benzene rings is 2. The van der Waals surface area contributed by atoms with Crippen molar-refractivity contribution in [3.63, 3.8) is 0 Å². The summed E-state index contributed by atoms with van der Waals surface area (Å²) < 4.78 is 0. The molecule has 1 amide bonds. The molecular weight excluding hydrogens is 448 g/mol. The largest absolute Gasteiger partial charge is 0.368 e. The molecule has 0 saturated carbocycles. The van der Waals surface area contributed by atoms with Crippen LogP contribution in [-0.2, 0) is 6.54 Å². The van der Waals surface area contributed by atoms with Gasteiger partial charge in [0.15, 0.2) is 5.78 Å². The van der Waals surface area contributed by atoms with Crippen LogP contribution in [0.1, 0.15) is 45.7 Å². The molecule has 2 aliphatic heterocycles. The number of nitrogens with zero attached hydrogens (tertiary/aromatic N) is 4. The van der Waals surface area contributed by atoms with E-state index < -0.39 is 0 Å². The maximum atomic E-state index is 13.0. The Kier molecular flexibility index (Phi) is 7.72. The van der Waals surface area contributed by atoms with E-state index >= 15 is 0 Å². The molecule has 3 heterocycles. The summed E-state index contributed by atoms with van der Waals surface area (Å²) in [5.41, 5.74) is 3.54. The van der Waals surface area contributed by atoms with E-state index in [2.05, 4.69) is 51.2 Å². The van der Waals surface area contributed by atoms with Gasteiger partial charge in [-0.2, -0.15) is 0 Å². The Morgan fingerprint density at radius 1 is 0.778 bits per heavy atom. The number of carbonyl (C=O) groups excluding carboxylic acids is 2. The third-order valence-electron chi connectivity index (χ3n) is 7.41. The third-order valence-corrected chi connectivity index (χ3v) is 7.41. The fraction of sp³-hybridized carbons (Fsp3) is 0.367. The second kappa shape index (κ2) is 11.5. The van der Waals surface area contributed by atoms with E-state index in [1.54, 1.807) is 18.3 Å². The highest BCUT2D eigenvalue weighted by Crippen LogP contribution is 2.24. The summed E-state index contributed by atoms with van der Waals surface area (Å²) in [6.07, 6.45) is 4.16. The predicted molar refractivity (Wildman–Crippen MR) is 142 cm³/mol. The number of aromatic nitrogens is 1. The van der Waals surface area contributed by atoms with E-state index in [-0.39, 0.29) is 11.7 Å². The molecule has 6 nitrogen and oxygen atoms in total. The first-order chi connectivity index (χ1) is 17.7. The molecule has 2 aliphatic rings. The van der Waals surface area contributed by atoms with Crippen molar-refractivity contribution in [1.29, 1.82) is 0 Å². The summed E-state index contributed by atoms with van der Waals surface area (Å²) in [6.45, 7) is 5.99. The fourth-order valence-electron chi connectivity index (χ4n) is 5.23. The van der Waals surface area contributed by atoms with Crippen LogP contribution in [0.4, 0.5) is 5.69 Å². The van der Waals surface area contributed by atoms with Crippen molar-refractivity contribution < 1.29 is 9.59 Å². The number of piperazine rings is 1. The molecule has 0 radical (unpaired) electrons. The maximum absolute atomic E-state index is 13.0. The second-order valence-corrected chi connectivity index (χ2v) is 9.88. The fourth-order valence-corrected chi connectivity index (χ4v) is 5.23. The first-order valence-corrected chi connectivity index (χ1v) is 13.0. The number of carbonyl (C=O) groups is 2. The van der Waals surface area contributed by atoms with E-state index in [1.807, 2.05) is 29.2 Å². The SMILES string of the molecule is O=C(CC1CCN(Cc2ccccc2)CC1)c1ccc(C(=O)N2CCN(c3ccccc3)CC2)cn1. The van der Waals surface area contributed by atoms with Gasteiger partial charge in [-0.3, -0.25) is 19.5 Å². The highest BCUT2D eigenvalue weighted by Gasteiger charge is 2.25. The van der Waals surface area contributed by atoms with Gasteiger partial charge < -0.3 is 9.80 Å². The van der Waals surface area contributed by atoms with Crippen LogP contribution in [0.25, 0.3) is 0 Å². The minimum Gasteiger partial charge on any atom is -0.368 e. The first-order valence-electron chi connectivity index (χ1n) is 13.0. The van der Waals surface area contributed by atoms with E-state index in [0.717, 1.165) is 45.6 Å². The average Bonchev–Trinajstić information content (AvgIpc) is 2.95. The molecule has 186 valence electrons. The van der Waals surface area contributed by atoms with Crippen LogP contribution in [0.15, 0.2) is 79.0 Å². The molecule has 0 aliphatic carbocycles. The van der Waals surface area contributed by atoms with Gasteiger partial charge >= 0.3 is 0 Å². The molecule has 0 spiro atoms. The number of ketones is 1. The monoisotopic (exact) mass is 482 g/mol. The van der Waals surface area contributed by atoms with Crippen LogP contribution < -0.4 is 4.90 Å². The van der Waals surface area contributed by atoms with Crippen LogP contribution in [0.5, 0.6) is 0 Å². The highest BCUT2D eigenvalue weighted by molar-refractivity contribution is 5.97. The lowest BCUT2D eigenvalue weighted by Gasteiger charge is -2.36. The molecule has 0 N–H and O–H groups in total. The number of Topliss-reactive ketones (excluding diaryl/α,β-unsaturated/α-hetero) is 1. The molecule has 0 unspecified atom stereocenters. The van der Waals surface area contributed by atoms with Gasteiger partial charge in [-0.25, -0.2) is 0 Å². The van der Waals surface area contributed by atoms with Gasteiger partial charge in [0.25, 0.3) is 5.91 Å². The Hall–Kier alpha value is -3.51. The number of amides is 1. The Morgan fingerprint density at radius 3 is 2.08 bits per heavy atom. The van der Waals surface area contributed by atoms with Crippen molar-refractivity contribution in [2.75, 3.05) is 44.2 Å². The molecule has 2 fully saturated rings. The van der Waals surface area contributed by atoms with Crippen LogP contribution >= 0.6 is 0 Å². The van der Waals surface area contributed by atoms with Gasteiger partial charge in [-0.05, 0) is 61.7 Å². The smallest absolute Gasteiger partial charge is 0.255 e. The Bertz CT molecular complexity index is 1130. The van der Waals surface area contributed by atoms with Gasteiger partial charge in [0.2, 0.25) is 0 Å². The number of piperidine rings is 1. The quantitative estimate of drug-likeness (QED) is 0.463. The standard InChI is InChI=1S/C30H34N4O2/c35-29(21-24-13-15-32(16-14-24)23-25-7-3-1-4-8-25)28-12-11-26(22-31-28)30(36)34-19-17-33(18-20-34)27-9-5-2-6-10-27/h1-12,22,24H,13-21,23H2. The molecule has 3 aromatic rings. The third kappa shape index (κ3) is 6.00. The van der Waals surface area contributed by atoms with Crippen molar-refractivity contribution in [2.24, 2.45) is 5.92 Å². The second-order valence-electron chi connectivity index (χ2n) is 9.88. The van der Waals surface area contributed by atoms with Crippen molar-refractivity contribution in [3.8, 4) is 0 Å². The van der Waals surface area contributed by atoms with Crippen molar-refractivity contribution in [1.82, 2.24) is 14.8 Å². The number of anilines is 1. The molecule has 1 aromatic heterocycles. The Labute approximate surface area is 213 Å². The number of rotatable bonds is 7. The molecule has 5 rings (SSSR count). The minimum atomic E-state index is -0.0139. The summed E-state index contributed by atoms with van der Waals surface area (Å²) in [5.74, 6) is 0.459. The zero-order chi connectivity index (χ0) is 24.7. The molecule has 36 heavy (non-hydrogen) atoms. The summed E-state index contributed by atoms with van der Waals surface area (Å²) >= 11 is 0. The highest BCUT2D eigenvalue weighted by atomic mass is 16.2. The molecule has 2 aromatic carbocycles. The lowest BCUT2D eigenvalue weighted by Crippen LogP contribution is -2.48. The van der Waals surface area contributed by atoms with Crippen molar-refractivity contribution in [3.05, 3.63) is 95.8 Å². The average molecular weight is 483 g/mol. The Balaban J connectivity index is 1.08. The van der Waals surface area contributed by atoms with E-state index in [1.165, 1.54) is 11.3 Å². The predicted octanol–water partition coefficient (Wildman–Crippen LogP) is 4.53. The van der Waals surface area contributed by atoms with Gasteiger partial charge in [-0.15, -0.1) is 0 Å². The number of pyridine rings is 1. The lowest BCUT2D eigenvalue weighted by molar-refractivity contribution is 0.0745. The number of hydrogen-bond donors (Lipinski definition) is 0. The first kappa shape index (κ1) is 24.2. The van der Waals surface area contributed by atoms with Gasteiger partial charge in [0.05, 0.1) is 5.56 Å². The summed E-state index contributed by atoms with van der Waals surface area (Å²) in [7, 11) is 0. The van der Waals surface area contributed by atoms with E-state index in [9.17, 15) is 9.59 Å². The van der Waals surface area contributed by atoms with Crippen LogP contribution in [0.2, 0.25) is 0 Å². The molecule has 6 heteroatoms. The zero-order valence-corrected chi connectivity index (χ0v) is 20.8. The molecule has 0 bridgehead atoms. The van der Waals surface area contributed by atoms with Crippen molar-refractivity contribution in [2.45, 2.75) is 25.8 Å². The number of likely N-dealkylation sites (tertiary alicyclic amines) is 1. The maximum Gasteiger partial charge on any atom is 0.255 e. The number of para-hydroxylation sites is 1. The normalized spacial score (nSPS) is 17.2. The Morgan fingerprint density at radius 2 is 1.44 bits per heavy atom. The summed E-state index contributed by atoms with van der Waals surface area (Å²) in [5, 5.41) is 0. The van der Waals surface area contributed by atoms with Crippen molar-refractivity contribution >= 4 is 17.4 Å². The molecular formula is C30H34N4O2.